The maximum Gasteiger partial charge on any atom is 0.238 e. The number of carbonyl (C=O) groups excluding carboxylic acids is 1. The highest BCUT2D eigenvalue weighted by atomic mass is 16.5. The van der Waals surface area contributed by atoms with E-state index in [1.54, 1.807) is 7.11 Å². The number of fused-ring (bicyclic) bond motifs is 3. The topological polar surface area (TPSA) is 58.0 Å². The molecule has 1 amide bonds. The third-order valence-corrected chi connectivity index (χ3v) is 6.28. The number of furan rings is 1. The summed E-state index contributed by atoms with van der Waals surface area (Å²) in [5, 5.41) is 5.03. The lowest BCUT2D eigenvalue weighted by Gasteiger charge is -2.33. The summed E-state index contributed by atoms with van der Waals surface area (Å²) < 4.78 is 11.5. The summed E-state index contributed by atoms with van der Waals surface area (Å²) in [7, 11) is 1.62. The average molecular weight is 456 g/mol. The molecule has 6 heteroatoms. The molecule has 0 spiro atoms. The van der Waals surface area contributed by atoms with Gasteiger partial charge < -0.3 is 14.5 Å². The average Bonchev–Trinajstić information content (AvgIpc) is 3.22. The highest BCUT2D eigenvalue weighted by Gasteiger charge is 2.20. The van der Waals surface area contributed by atoms with Crippen molar-refractivity contribution in [3.05, 3.63) is 78.4 Å². The van der Waals surface area contributed by atoms with Crippen molar-refractivity contribution in [2.45, 2.75) is 0 Å². The van der Waals surface area contributed by atoms with Crippen LogP contribution in [-0.2, 0) is 4.79 Å². The van der Waals surface area contributed by atoms with Crippen LogP contribution < -0.4 is 10.1 Å². The van der Waals surface area contributed by atoms with Crippen LogP contribution >= 0.6 is 0 Å². The number of nitrogens with one attached hydrogen (secondary N) is 1. The standard InChI is InChI=1S/C28H29N3O3/c1-33-27-18-23-22-11-5-6-12-25(22)34-26(23)19-24(27)29-28(32)20-31-16-14-30(15-17-31)13-7-10-21-8-3-2-4-9-21/h2-12,18-19H,13-17,20H2,1H3,(H,29,32)/b10-7+. The van der Waals surface area contributed by atoms with E-state index in [0.29, 0.717) is 18.0 Å². The first-order valence-electron chi connectivity index (χ1n) is 11.6. The van der Waals surface area contributed by atoms with Crippen molar-refractivity contribution in [2.24, 2.45) is 0 Å². The van der Waals surface area contributed by atoms with E-state index in [-0.39, 0.29) is 5.91 Å². The van der Waals surface area contributed by atoms with Crippen LogP contribution in [0.1, 0.15) is 5.56 Å². The number of nitrogens with zero attached hydrogens (tertiary/aromatic N) is 2. The molecule has 1 fully saturated rings. The lowest BCUT2D eigenvalue weighted by molar-refractivity contribution is -0.117. The first kappa shape index (κ1) is 22.2. The van der Waals surface area contributed by atoms with Crippen LogP contribution in [-0.4, -0.2) is 62.1 Å². The zero-order valence-electron chi connectivity index (χ0n) is 19.4. The summed E-state index contributed by atoms with van der Waals surface area (Å²) in [6.07, 6.45) is 4.37. The van der Waals surface area contributed by atoms with Gasteiger partial charge in [0.15, 0.2) is 0 Å². The fourth-order valence-corrected chi connectivity index (χ4v) is 4.44. The molecule has 0 atom stereocenters. The summed E-state index contributed by atoms with van der Waals surface area (Å²) in [5.41, 5.74) is 3.40. The van der Waals surface area contributed by atoms with Gasteiger partial charge in [0.05, 0.1) is 19.3 Å². The van der Waals surface area contributed by atoms with Crippen LogP contribution in [0, 0.1) is 0 Å². The number of carbonyl (C=O) groups is 1. The molecule has 0 radical (unpaired) electrons. The van der Waals surface area contributed by atoms with Crippen molar-refractivity contribution in [3.63, 3.8) is 0 Å². The molecular formula is C28H29N3O3. The highest BCUT2D eigenvalue weighted by molar-refractivity contribution is 6.07. The molecular weight excluding hydrogens is 426 g/mol. The molecule has 1 saturated heterocycles. The molecule has 174 valence electrons. The number of piperazine rings is 1. The quantitative estimate of drug-likeness (QED) is 0.431. The van der Waals surface area contributed by atoms with Gasteiger partial charge in [0.25, 0.3) is 0 Å². The van der Waals surface area contributed by atoms with Gasteiger partial charge >= 0.3 is 0 Å². The van der Waals surface area contributed by atoms with Crippen LogP contribution in [0.15, 0.2) is 77.2 Å². The number of amides is 1. The fraction of sp³-hybridized carbons (Fsp3) is 0.250. The Kier molecular flexibility index (Phi) is 6.60. The van der Waals surface area contributed by atoms with Gasteiger partial charge in [-0.05, 0) is 17.7 Å². The summed E-state index contributed by atoms with van der Waals surface area (Å²) in [4.78, 5) is 17.4. The van der Waals surface area contributed by atoms with Crippen molar-refractivity contribution >= 4 is 39.6 Å². The van der Waals surface area contributed by atoms with E-state index in [1.165, 1.54) is 5.56 Å². The first-order chi connectivity index (χ1) is 16.7. The number of benzene rings is 3. The van der Waals surface area contributed by atoms with E-state index in [1.807, 2.05) is 54.6 Å². The minimum Gasteiger partial charge on any atom is -0.495 e. The Labute approximate surface area is 199 Å². The predicted molar refractivity (Wildman–Crippen MR) is 137 cm³/mol. The summed E-state index contributed by atoms with van der Waals surface area (Å²) in [5.74, 6) is 0.577. The van der Waals surface area contributed by atoms with Crippen LogP contribution in [0.5, 0.6) is 5.75 Å². The summed E-state index contributed by atoms with van der Waals surface area (Å²) in [6.45, 7) is 4.90. The molecule has 1 aliphatic heterocycles. The van der Waals surface area contributed by atoms with Crippen molar-refractivity contribution in [1.29, 1.82) is 0 Å². The number of ether oxygens (including phenoxy) is 1. The Morgan fingerprint density at radius 1 is 0.941 bits per heavy atom. The minimum absolute atomic E-state index is 0.0498. The Bertz CT molecular complexity index is 1300. The minimum atomic E-state index is -0.0498. The zero-order valence-corrected chi connectivity index (χ0v) is 19.4. The van der Waals surface area contributed by atoms with E-state index in [2.05, 4.69) is 39.4 Å². The van der Waals surface area contributed by atoms with E-state index in [9.17, 15) is 4.79 Å². The smallest absolute Gasteiger partial charge is 0.238 e. The Morgan fingerprint density at radius 2 is 1.68 bits per heavy atom. The third-order valence-electron chi connectivity index (χ3n) is 6.28. The Morgan fingerprint density at radius 3 is 2.47 bits per heavy atom. The number of anilines is 1. The van der Waals surface area contributed by atoms with Crippen molar-refractivity contribution in [3.8, 4) is 5.75 Å². The van der Waals surface area contributed by atoms with E-state index in [4.69, 9.17) is 9.15 Å². The molecule has 1 N–H and O–H groups in total. The molecule has 0 unspecified atom stereocenters. The van der Waals surface area contributed by atoms with E-state index < -0.39 is 0 Å². The van der Waals surface area contributed by atoms with Crippen LogP contribution in [0.4, 0.5) is 5.69 Å². The summed E-state index contributed by atoms with van der Waals surface area (Å²) in [6, 6.07) is 22.0. The predicted octanol–water partition coefficient (Wildman–Crippen LogP) is 4.86. The second kappa shape index (κ2) is 10.1. The second-order valence-electron chi connectivity index (χ2n) is 8.58. The molecule has 0 aliphatic carbocycles. The van der Waals surface area contributed by atoms with E-state index in [0.717, 1.165) is 54.7 Å². The molecule has 0 saturated carbocycles. The molecule has 0 bridgehead atoms. The number of para-hydroxylation sites is 1. The lowest BCUT2D eigenvalue weighted by atomic mass is 10.1. The van der Waals surface area contributed by atoms with Gasteiger partial charge in [-0.3, -0.25) is 14.6 Å². The Hall–Kier alpha value is -3.61. The molecule has 1 aliphatic rings. The number of hydrogen-bond acceptors (Lipinski definition) is 5. The van der Waals surface area contributed by atoms with E-state index >= 15 is 0 Å². The largest absolute Gasteiger partial charge is 0.495 e. The molecule has 34 heavy (non-hydrogen) atoms. The van der Waals surface area contributed by atoms with Crippen molar-refractivity contribution in [2.75, 3.05) is 51.7 Å². The first-order valence-corrected chi connectivity index (χ1v) is 11.6. The van der Waals surface area contributed by atoms with Gasteiger partial charge in [-0.15, -0.1) is 0 Å². The van der Waals surface area contributed by atoms with Gasteiger partial charge in [-0.1, -0.05) is 60.7 Å². The normalized spacial score (nSPS) is 15.3. The van der Waals surface area contributed by atoms with Crippen LogP contribution in [0.25, 0.3) is 28.0 Å². The van der Waals surface area contributed by atoms with Gasteiger partial charge in [-0.25, -0.2) is 0 Å². The van der Waals surface area contributed by atoms with Gasteiger partial charge in [-0.2, -0.15) is 0 Å². The molecule has 1 aromatic heterocycles. The molecule has 2 heterocycles. The number of methoxy groups -OCH3 is 1. The third kappa shape index (κ3) is 4.98. The lowest BCUT2D eigenvalue weighted by Crippen LogP contribution is -2.48. The van der Waals surface area contributed by atoms with Gasteiger partial charge in [0.1, 0.15) is 16.9 Å². The highest BCUT2D eigenvalue weighted by Crippen LogP contribution is 2.36. The fourth-order valence-electron chi connectivity index (χ4n) is 4.44. The molecule has 6 nitrogen and oxygen atoms in total. The van der Waals surface area contributed by atoms with Crippen molar-refractivity contribution in [1.82, 2.24) is 9.80 Å². The zero-order chi connectivity index (χ0) is 23.3. The van der Waals surface area contributed by atoms with Gasteiger partial charge in [0, 0.05) is 49.6 Å². The van der Waals surface area contributed by atoms with Crippen LogP contribution in [0.3, 0.4) is 0 Å². The SMILES string of the molecule is COc1cc2c(cc1NC(=O)CN1CCN(C/C=C/c3ccccc3)CC1)oc1ccccc12. The molecule has 5 rings (SSSR count). The maximum absolute atomic E-state index is 12.8. The molecule has 3 aromatic carbocycles. The number of hydrogen-bond donors (Lipinski definition) is 1. The Balaban J connectivity index is 1.16. The monoisotopic (exact) mass is 455 g/mol. The second-order valence-corrected chi connectivity index (χ2v) is 8.58. The van der Waals surface area contributed by atoms with Crippen LogP contribution in [0.2, 0.25) is 0 Å². The van der Waals surface area contributed by atoms with Crippen molar-refractivity contribution < 1.29 is 13.9 Å². The molecule has 4 aromatic rings. The summed E-state index contributed by atoms with van der Waals surface area (Å²) >= 11 is 0. The number of rotatable bonds is 7. The van der Waals surface area contributed by atoms with Gasteiger partial charge in [0.2, 0.25) is 5.91 Å². The maximum atomic E-state index is 12.8.